The van der Waals surface area contributed by atoms with Crippen LogP contribution in [-0.4, -0.2) is 83.2 Å². The van der Waals surface area contributed by atoms with Crippen molar-refractivity contribution in [1.82, 2.24) is 9.97 Å². The maximum absolute atomic E-state index is 11.8. The summed E-state index contributed by atoms with van der Waals surface area (Å²) in [5, 5.41) is 25.7. The van der Waals surface area contributed by atoms with Crippen molar-refractivity contribution >= 4 is 29.4 Å². The highest BCUT2D eigenvalue weighted by molar-refractivity contribution is 7.99. The van der Waals surface area contributed by atoms with E-state index in [1.165, 1.54) is 11.1 Å². The first-order valence-corrected chi connectivity index (χ1v) is 13.6. The summed E-state index contributed by atoms with van der Waals surface area (Å²) in [6.07, 6.45) is 4.29. The van der Waals surface area contributed by atoms with Crippen LogP contribution in [0.1, 0.15) is 55.2 Å². The van der Waals surface area contributed by atoms with Crippen LogP contribution in [0.25, 0.3) is 0 Å². The number of likely N-dealkylation sites (N-methyl/N-ethyl adjacent to an activating group) is 1. The fourth-order valence-electron chi connectivity index (χ4n) is 4.78. The van der Waals surface area contributed by atoms with Crippen molar-refractivity contribution in [3.63, 3.8) is 0 Å². The molecule has 0 amide bonds. The fourth-order valence-corrected chi connectivity index (χ4v) is 6.08. The molecule has 0 radical (unpaired) electrons. The lowest BCUT2D eigenvalue weighted by Gasteiger charge is -2.45. The normalized spacial score (nSPS) is 19.8. The number of fused-ring (bicyclic) bond motifs is 1. The van der Waals surface area contributed by atoms with Gasteiger partial charge in [-0.15, -0.1) is 0 Å². The third-order valence-electron chi connectivity index (χ3n) is 7.44. The molecule has 0 bridgehead atoms. The van der Waals surface area contributed by atoms with Crippen LogP contribution in [-0.2, 0) is 22.4 Å². The zero-order valence-electron chi connectivity index (χ0n) is 23.4. The number of anilines is 1. The number of aromatic amines is 1. The van der Waals surface area contributed by atoms with Gasteiger partial charge in [0.2, 0.25) is 0 Å². The molecule has 0 fully saturated rings. The molecule has 0 aliphatic carbocycles. The Morgan fingerprint density at radius 1 is 1.29 bits per heavy atom. The van der Waals surface area contributed by atoms with E-state index in [2.05, 4.69) is 36.1 Å². The van der Waals surface area contributed by atoms with Crippen LogP contribution >= 0.6 is 11.8 Å². The van der Waals surface area contributed by atoms with E-state index in [1.54, 1.807) is 37.2 Å². The number of nitrogens with one attached hydrogen (secondary N) is 2. The number of aromatic nitrogens is 2. The Labute approximate surface area is 229 Å². The van der Waals surface area contributed by atoms with Gasteiger partial charge in [-0.05, 0) is 63.8 Å². The number of thioether (sulfide) groups is 1. The number of methoxy groups -OCH3 is 1. The molecular formula is C28H40N4O5S. The van der Waals surface area contributed by atoms with Crippen LogP contribution in [0.4, 0.5) is 5.69 Å². The Balaban J connectivity index is 1.95. The van der Waals surface area contributed by atoms with E-state index in [-0.39, 0.29) is 21.7 Å². The Kier molecular flexibility index (Phi) is 9.33. The molecule has 1 aromatic carbocycles. The van der Waals surface area contributed by atoms with Gasteiger partial charge >= 0.3 is 5.97 Å². The monoisotopic (exact) mass is 544 g/mol. The van der Waals surface area contributed by atoms with E-state index < -0.39 is 23.5 Å². The third kappa shape index (κ3) is 6.98. The molecule has 0 spiro atoms. The number of hydrogen-bond acceptors (Lipinski definition) is 7. The minimum atomic E-state index is -1.10. The second-order valence-electron chi connectivity index (χ2n) is 11.4. The second kappa shape index (κ2) is 11.9. The number of benzene rings is 1. The van der Waals surface area contributed by atoms with Crippen molar-refractivity contribution in [2.24, 2.45) is 0 Å². The summed E-state index contributed by atoms with van der Waals surface area (Å²) >= 11 is 1.57. The predicted octanol–water partition coefficient (Wildman–Crippen LogP) is 3.13. The molecule has 38 heavy (non-hydrogen) atoms. The lowest BCUT2D eigenvalue weighted by molar-refractivity contribution is -0.889. The smallest absolute Gasteiger partial charge is 0.335 e. The summed E-state index contributed by atoms with van der Waals surface area (Å²) < 4.78 is 5.99. The topological polar surface area (TPSA) is 127 Å². The van der Waals surface area contributed by atoms with E-state index in [1.807, 2.05) is 27.2 Å². The average Bonchev–Trinajstić information content (AvgIpc) is 3.27. The number of carbonyl (C=O) groups excluding carboxylic acids is 1. The average molecular weight is 545 g/mol. The van der Waals surface area contributed by atoms with Gasteiger partial charge < -0.3 is 34.5 Å². The standard InChI is InChI=1S/C28H40N4O5S/c1-17(2)18(3)10-11-28(16-37-7)24(13-20-12-19(25(33)34)8-9-22(20)31-28)38-27-29-15-21(30-27)14-23(26(35)36)32(4,5)6/h8-9,12,15,23-24,31H,10-11,13-14,16H2,1-7H3,(H2-,29,30,33,34,35,36)/t23?,24?,28-/m1/s1. The summed E-state index contributed by atoms with van der Waals surface area (Å²) in [7, 11) is 7.18. The van der Waals surface area contributed by atoms with Crippen LogP contribution in [0, 0.1) is 0 Å². The molecule has 1 aliphatic heterocycles. The first-order valence-electron chi connectivity index (χ1n) is 12.7. The first kappa shape index (κ1) is 29.7. The summed E-state index contributed by atoms with van der Waals surface area (Å²) in [6, 6.07) is 4.48. The SMILES string of the molecule is COC[C@@]1(CCC(C)=C(C)C)Nc2ccc(C(=O)O)cc2CC1Sc1ncc(CC(C(=O)[O-])[N+](C)(C)C)[nH]1. The summed E-state index contributed by atoms with van der Waals surface area (Å²) in [6.45, 7) is 6.83. The van der Waals surface area contributed by atoms with E-state index in [9.17, 15) is 19.8 Å². The van der Waals surface area contributed by atoms with Gasteiger partial charge in [0.05, 0.1) is 44.8 Å². The number of imidazole rings is 1. The van der Waals surface area contributed by atoms with Crippen LogP contribution in [0.2, 0.25) is 0 Å². The van der Waals surface area contributed by atoms with Crippen molar-refractivity contribution < 1.29 is 29.0 Å². The Morgan fingerprint density at radius 2 is 2.00 bits per heavy atom. The van der Waals surface area contributed by atoms with Gasteiger partial charge in [0.25, 0.3) is 0 Å². The number of ether oxygens (including phenoxy) is 1. The number of hydrogen-bond donors (Lipinski definition) is 3. The molecular weight excluding hydrogens is 504 g/mol. The summed E-state index contributed by atoms with van der Waals surface area (Å²) in [4.78, 5) is 31.3. The molecule has 3 atom stereocenters. The maximum Gasteiger partial charge on any atom is 0.335 e. The molecule has 0 saturated heterocycles. The Hall–Kier alpha value is -2.82. The molecule has 2 aromatic rings. The van der Waals surface area contributed by atoms with Gasteiger partial charge in [0.1, 0.15) is 6.04 Å². The van der Waals surface area contributed by atoms with Crippen molar-refractivity contribution in [2.45, 2.75) is 68.4 Å². The van der Waals surface area contributed by atoms with E-state index >= 15 is 0 Å². The molecule has 9 nitrogen and oxygen atoms in total. The van der Waals surface area contributed by atoms with Crippen molar-refractivity contribution in [3.8, 4) is 0 Å². The zero-order valence-corrected chi connectivity index (χ0v) is 24.2. The van der Waals surface area contributed by atoms with Crippen LogP contribution in [0.15, 0.2) is 40.7 Å². The van der Waals surface area contributed by atoms with Crippen LogP contribution in [0.5, 0.6) is 0 Å². The highest BCUT2D eigenvalue weighted by Crippen LogP contribution is 2.43. The van der Waals surface area contributed by atoms with Crippen LogP contribution < -0.4 is 10.4 Å². The minimum absolute atomic E-state index is 0.0294. The molecule has 2 heterocycles. The van der Waals surface area contributed by atoms with Crippen molar-refractivity contribution in [3.05, 3.63) is 52.4 Å². The van der Waals surface area contributed by atoms with E-state index in [4.69, 9.17) is 4.74 Å². The van der Waals surface area contributed by atoms with Gasteiger partial charge in [0.15, 0.2) is 5.16 Å². The number of quaternary nitrogens is 1. The van der Waals surface area contributed by atoms with Gasteiger partial charge in [-0.1, -0.05) is 22.9 Å². The number of aromatic carboxylic acids is 1. The largest absolute Gasteiger partial charge is 0.544 e. The van der Waals surface area contributed by atoms with Gasteiger partial charge in [-0.25, -0.2) is 9.78 Å². The molecule has 10 heteroatoms. The fraction of sp³-hybridized carbons (Fsp3) is 0.536. The number of aliphatic carboxylic acids is 1. The van der Waals surface area contributed by atoms with Crippen molar-refractivity contribution in [2.75, 3.05) is 40.2 Å². The lowest BCUT2D eigenvalue weighted by atomic mass is 9.81. The highest BCUT2D eigenvalue weighted by Gasteiger charge is 2.43. The number of allylic oxidation sites excluding steroid dienone is 2. The molecule has 3 rings (SSSR count). The second-order valence-corrected chi connectivity index (χ2v) is 12.5. The lowest BCUT2D eigenvalue weighted by Crippen LogP contribution is -2.55. The first-order chi connectivity index (χ1) is 17.8. The molecule has 2 unspecified atom stereocenters. The Morgan fingerprint density at radius 3 is 2.58 bits per heavy atom. The van der Waals surface area contributed by atoms with Crippen LogP contribution in [0.3, 0.4) is 0 Å². The number of rotatable bonds is 12. The van der Waals surface area contributed by atoms with Gasteiger partial charge in [0, 0.05) is 36.4 Å². The molecule has 3 N–H and O–H groups in total. The quantitative estimate of drug-likeness (QED) is 0.275. The number of H-pyrrole nitrogens is 1. The van der Waals surface area contributed by atoms with Crippen molar-refractivity contribution in [1.29, 1.82) is 0 Å². The van der Waals surface area contributed by atoms with Gasteiger partial charge in [-0.3, -0.25) is 0 Å². The number of nitrogens with zero attached hydrogens (tertiary/aromatic N) is 2. The third-order valence-corrected chi connectivity index (χ3v) is 8.77. The van der Waals surface area contributed by atoms with E-state index in [0.717, 1.165) is 29.8 Å². The zero-order chi connectivity index (χ0) is 28.3. The Bertz CT molecular complexity index is 1200. The molecule has 0 saturated carbocycles. The molecule has 1 aromatic heterocycles. The number of carbonyl (C=O) groups is 2. The highest BCUT2D eigenvalue weighted by atomic mass is 32.2. The summed E-state index contributed by atoms with van der Waals surface area (Å²) in [5.41, 5.74) is 5.01. The molecule has 208 valence electrons. The predicted molar refractivity (Wildman–Crippen MR) is 147 cm³/mol. The number of carboxylic acid groups (broad SMARTS) is 2. The van der Waals surface area contributed by atoms with Gasteiger partial charge in [-0.2, -0.15) is 0 Å². The minimum Gasteiger partial charge on any atom is -0.544 e. The molecule has 1 aliphatic rings. The van der Waals surface area contributed by atoms with E-state index in [0.29, 0.717) is 18.2 Å². The maximum atomic E-state index is 11.8. The summed E-state index contributed by atoms with van der Waals surface area (Å²) in [5.74, 6) is -2.06. The number of carboxylic acids is 2.